The van der Waals surface area contributed by atoms with Gasteiger partial charge in [0.15, 0.2) is 0 Å². The number of aliphatic hydroxyl groups excluding tert-OH is 1. The van der Waals surface area contributed by atoms with Crippen LogP contribution < -0.4 is 11.1 Å². The molecular formula is C12H18ClFN2O3. The molecule has 0 radical (unpaired) electrons. The van der Waals surface area contributed by atoms with Gasteiger partial charge < -0.3 is 20.9 Å². The largest absolute Gasteiger partial charge is 0.387 e. The monoisotopic (exact) mass is 292 g/mol. The van der Waals surface area contributed by atoms with Gasteiger partial charge in [-0.05, 0) is 17.7 Å². The Kier molecular flexibility index (Phi) is 8.26. The van der Waals surface area contributed by atoms with Gasteiger partial charge >= 0.3 is 0 Å². The Hall–Kier alpha value is -1.21. The van der Waals surface area contributed by atoms with E-state index in [1.807, 2.05) is 0 Å². The first kappa shape index (κ1) is 17.8. The first-order valence-electron chi connectivity index (χ1n) is 5.50. The fraction of sp³-hybridized carbons (Fsp3) is 0.417. The minimum Gasteiger partial charge on any atom is -0.387 e. The zero-order chi connectivity index (χ0) is 13.5. The molecule has 0 aliphatic heterocycles. The number of halogens is 2. The highest BCUT2D eigenvalue weighted by atomic mass is 35.5. The molecule has 19 heavy (non-hydrogen) atoms. The molecule has 0 spiro atoms. The lowest BCUT2D eigenvalue weighted by atomic mass is 10.1. The van der Waals surface area contributed by atoms with Crippen molar-refractivity contribution in [2.24, 2.45) is 5.73 Å². The van der Waals surface area contributed by atoms with Crippen molar-refractivity contribution in [3.05, 3.63) is 35.6 Å². The molecule has 2 unspecified atom stereocenters. The molecule has 5 nitrogen and oxygen atoms in total. The molecule has 0 fully saturated rings. The number of hydrogen-bond acceptors (Lipinski definition) is 4. The maximum Gasteiger partial charge on any atom is 0.239 e. The van der Waals surface area contributed by atoms with Gasteiger partial charge in [-0.25, -0.2) is 4.39 Å². The maximum atomic E-state index is 12.9. The second-order valence-corrected chi connectivity index (χ2v) is 3.88. The van der Waals surface area contributed by atoms with Crippen molar-refractivity contribution >= 4 is 18.3 Å². The van der Waals surface area contributed by atoms with Gasteiger partial charge in [-0.15, -0.1) is 12.4 Å². The smallest absolute Gasteiger partial charge is 0.239 e. The summed E-state index contributed by atoms with van der Waals surface area (Å²) in [5, 5.41) is 12.2. The van der Waals surface area contributed by atoms with Gasteiger partial charge in [0.25, 0.3) is 0 Å². The molecule has 1 amide bonds. The molecule has 4 N–H and O–H groups in total. The van der Waals surface area contributed by atoms with Crippen LogP contribution in [-0.4, -0.2) is 37.3 Å². The number of ether oxygens (including phenoxy) is 1. The number of carbonyl (C=O) groups excluding carboxylic acids is 1. The van der Waals surface area contributed by atoms with Crippen molar-refractivity contribution in [3.8, 4) is 0 Å². The van der Waals surface area contributed by atoms with Crippen LogP contribution in [0.5, 0.6) is 0 Å². The fourth-order valence-electron chi connectivity index (χ4n) is 1.42. The molecule has 0 aliphatic rings. The second-order valence-electron chi connectivity index (χ2n) is 3.88. The predicted molar refractivity (Wildman–Crippen MR) is 71.5 cm³/mol. The average Bonchev–Trinajstić information content (AvgIpc) is 2.35. The van der Waals surface area contributed by atoms with E-state index in [0.717, 1.165) is 0 Å². The number of benzene rings is 1. The van der Waals surface area contributed by atoms with Gasteiger partial charge in [0.05, 0.1) is 12.7 Å². The third-order valence-corrected chi connectivity index (χ3v) is 2.39. The maximum absolute atomic E-state index is 12.9. The third-order valence-electron chi connectivity index (χ3n) is 2.39. The first-order valence-corrected chi connectivity index (χ1v) is 5.50. The Morgan fingerprint density at radius 3 is 2.84 bits per heavy atom. The summed E-state index contributed by atoms with van der Waals surface area (Å²) >= 11 is 0. The van der Waals surface area contributed by atoms with E-state index < -0.39 is 23.9 Å². The van der Waals surface area contributed by atoms with Crippen molar-refractivity contribution in [1.29, 1.82) is 0 Å². The number of nitrogens with one attached hydrogen (secondary N) is 1. The molecule has 1 aromatic rings. The van der Waals surface area contributed by atoms with Gasteiger partial charge in [0, 0.05) is 13.7 Å². The van der Waals surface area contributed by atoms with Crippen LogP contribution in [0.3, 0.4) is 0 Å². The van der Waals surface area contributed by atoms with Crippen LogP contribution in [-0.2, 0) is 9.53 Å². The quantitative estimate of drug-likeness (QED) is 0.707. The zero-order valence-corrected chi connectivity index (χ0v) is 11.3. The summed E-state index contributed by atoms with van der Waals surface area (Å²) in [5.74, 6) is -0.860. The summed E-state index contributed by atoms with van der Waals surface area (Å²) in [7, 11) is 1.44. The summed E-state index contributed by atoms with van der Waals surface area (Å²) in [6, 6.07) is 4.78. The molecule has 2 atom stereocenters. The van der Waals surface area contributed by atoms with Crippen LogP contribution >= 0.6 is 12.4 Å². The van der Waals surface area contributed by atoms with Crippen molar-refractivity contribution in [2.75, 3.05) is 20.3 Å². The highest BCUT2D eigenvalue weighted by Gasteiger charge is 2.15. The Labute approximate surface area is 117 Å². The van der Waals surface area contributed by atoms with Crippen LogP contribution in [0.25, 0.3) is 0 Å². The Morgan fingerprint density at radius 2 is 2.26 bits per heavy atom. The van der Waals surface area contributed by atoms with Crippen LogP contribution in [0.15, 0.2) is 24.3 Å². The van der Waals surface area contributed by atoms with E-state index in [1.54, 1.807) is 6.07 Å². The van der Waals surface area contributed by atoms with Gasteiger partial charge in [0.2, 0.25) is 5.91 Å². The summed E-state index contributed by atoms with van der Waals surface area (Å²) in [6.07, 6.45) is -0.973. The third kappa shape index (κ3) is 5.98. The molecule has 0 aromatic heterocycles. The zero-order valence-electron chi connectivity index (χ0n) is 10.5. The number of aliphatic hydroxyl groups is 1. The van der Waals surface area contributed by atoms with Crippen LogP contribution in [0.2, 0.25) is 0 Å². The van der Waals surface area contributed by atoms with E-state index in [-0.39, 0.29) is 25.6 Å². The molecule has 0 bridgehead atoms. The lowest BCUT2D eigenvalue weighted by molar-refractivity contribution is -0.123. The van der Waals surface area contributed by atoms with E-state index in [0.29, 0.717) is 5.56 Å². The number of hydrogen-bond donors (Lipinski definition) is 3. The SMILES string of the molecule is COCC(N)C(=O)NCC(O)c1cccc(F)c1.Cl. The van der Waals surface area contributed by atoms with E-state index in [2.05, 4.69) is 5.32 Å². The molecule has 1 rings (SSSR count). The lowest BCUT2D eigenvalue weighted by Crippen LogP contribution is -2.44. The molecule has 0 saturated heterocycles. The van der Waals surface area contributed by atoms with Crippen molar-refractivity contribution in [3.63, 3.8) is 0 Å². The molecule has 0 saturated carbocycles. The number of amides is 1. The topological polar surface area (TPSA) is 84.6 Å². The molecule has 108 valence electrons. The minimum absolute atomic E-state index is 0. The van der Waals surface area contributed by atoms with Gasteiger partial charge in [0.1, 0.15) is 11.9 Å². The number of carbonyl (C=O) groups is 1. The standard InChI is InChI=1S/C12H17FN2O3.ClH/c1-18-7-10(14)12(17)15-6-11(16)8-3-2-4-9(13)5-8;/h2-5,10-11,16H,6-7,14H2,1H3,(H,15,17);1H. The molecule has 7 heteroatoms. The average molecular weight is 293 g/mol. The molecule has 0 heterocycles. The minimum atomic E-state index is -0.973. The van der Waals surface area contributed by atoms with Crippen molar-refractivity contribution in [1.82, 2.24) is 5.32 Å². The normalized spacial score (nSPS) is 13.3. The van der Waals surface area contributed by atoms with E-state index in [9.17, 15) is 14.3 Å². The van der Waals surface area contributed by atoms with Crippen molar-refractivity contribution < 1.29 is 19.0 Å². The van der Waals surface area contributed by atoms with Crippen LogP contribution in [0, 0.1) is 5.82 Å². The number of rotatable bonds is 6. The highest BCUT2D eigenvalue weighted by Crippen LogP contribution is 2.12. The molecular weight excluding hydrogens is 275 g/mol. The summed E-state index contributed by atoms with van der Waals surface area (Å²) < 4.78 is 17.7. The fourth-order valence-corrected chi connectivity index (χ4v) is 1.42. The van der Waals surface area contributed by atoms with Gasteiger partial charge in [-0.3, -0.25) is 4.79 Å². The first-order chi connectivity index (χ1) is 8.54. The summed E-state index contributed by atoms with van der Waals surface area (Å²) in [4.78, 5) is 11.4. The van der Waals surface area contributed by atoms with Crippen molar-refractivity contribution in [2.45, 2.75) is 12.1 Å². The summed E-state index contributed by atoms with van der Waals surface area (Å²) in [5.41, 5.74) is 5.90. The molecule has 0 aliphatic carbocycles. The van der Waals surface area contributed by atoms with Crippen LogP contribution in [0.1, 0.15) is 11.7 Å². The van der Waals surface area contributed by atoms with E-state index in [1.165, 1.54) is 25.3 Å². The number of methoxy groups -OCH3 is 1. The predicted octanol–water partition coefficient (Wildman–Crippen LogP) is 0.371. The van der Waals surface area contributed by atoms with Gasteiger partial charge in [-0.2, -0.15) is 0 Å². The van der Waals surface area contributed by atoms with Crippen LogP contribution in [0.4, 0.5) is 4.39 Å². The van der Waals surface area contributed by atoms with Gasteiger partial charge in [-0.1, -0.05) is 12.1 Å². The lowest BCUT2D eigenvalue weighted by Gasteiger charge is -2.15. The highest BCUT2D eigenvalue weighted by molar-refractivity contribution is 5.85. The number of nitrogens with two attached hydrogens (primary N) is 1. The molecule has 1 aromatic carbocycles. The van der Waals surface area contributed by atoms with E-state index >= 15 is 0 Å². The second kappa shape index (κ2) is 8.82. The Morgan fingerprint density at radius 1 is 1.58 bits per heavy atom. The Bertz CT molecular complexity index is 406. The Balaban J connectivity index is 0.00000324. The summed E-state index contributed by atoms with van der Waals surface area (Å²) in [6.45, 7) is 0.0710. The van der Waals surface area contributed by atoms with E-state index in [4.69, 9.17) is 10.5 Å².